The Hall–Kier alpha value is -2.65. The summed E-state index contributed by atoms with van der Waals surface area (Å²) >= 11 is 5.87. The number of carbonyl (C=O) groups is 1. The average Bonchev–Trinajstić information content (AvgIpc) is 2.63. The molecule has 0 N–H and O–H groups in total. The van der Waals surface area contributed by atoms with E-state index in [1.807, 2.05) is 12.1 Å². The number of nitrogens with zero attached hydrogens (tertiary/aromatic N) is 3. The normalized spacial score (nSPS) is 15.0. The van der Waals surface area contributed by atoms with Crippen LogP contribution < -0.4 is 4.90 Å². The van der Waals surface area contributed by atoms with E-state index in [1.54, 1.807) is 21.9 Å². The molecule has 148 valence electrons. The molecule has 0 bridgehead atoms. The van der Waals surface area contributed by atoms with E-state index in [2.05, 4.69) is 0 Å². The van der Waals surface area contributed by atoms with Crippen LogP contribution in [0, 0.1) is 10.1 Å². The molecule has 1 aliphatic rings. The second-order valence-corrected chi connectivity index (χ2v) is 8.94. The van der Waals surface area contributed by atoms with Gasteiger partial charge >= 0.3 is 5.69 Å². The van der Waals surface area contributed by atoms with Crippen LogP contribution in [0.1, 0.15) is 5.56 Å². The van der Waals surface area contributed by atoms with Crippen molar-refractivity contribution in [1.29, 1.82) is 0 Å². The molecule has 0 radical (unpaired) electrons. The lowest BCUT2D eigenvalue weighted by Crippen LogP contribution is -2.50. The lowest BCUT2D eigenvalue weighted by Gasteiger charge is -2.35. The highest BCUT2D eigenvalue weighted by Crippen LogP contribution is 2.35. The van der Waals surface area contributed by atoms with E-state index in [0.717, 1.165) is 11.8 Å². The molecule has 0 saturated carbocycles. The van der Waals surface area contributed by atoms with E-state index in [4.69, 9.17) is 11.6 Å². The van der Waals surface area contributed by atoms with Gasteiger partial charge in [0.1, 0.15) is 10.6 Å². The number of anilines is 1. The van der Waals surface area contributed by atoms with Crippen LogP contribution in [0.5, 0.6) is 0 Å². The van der Waals surface area contributed by atoms with Crippen LogP contribution in [0.3, 0.4) is 0 Å². The number of halogens is 1. The number of carbonyl (C=O) groups excluding carboxylic acids is 1. The van der Waals surface area contributed by atoms with Crippen LogP contribution in [0.25, 0.3) is 0 Å². The van der Waals surface area contributed by atoms with Gasteiger partial charge in [0.25, 0.3) is 0 Å². The van der Waals surface area contributed by atoms with Gasteiger partial charge in [-0.1, -0.05) is 29.8 Å². The first-order valence-electron chi connectivity index (χ1n) is 8.41. The average molecular weight is 424 g/mol. The minimum Gasteiger partial charge on any atom is -0.355 e. The summed E-state index contributed by atoms with van der Waals surface area (Å²) < 4.78 is 23.9. The van der Waals surface area contributed by atoms with E-state index in [1.165, 1.54) is 18.2 Å². The SMILES string of the molecule is CS(=O)(=O)c1cccc(N2CCN(Cc3ccc(Cl)cc3)C(=O)C2)c1[N+](=O)[O-]. The zero-order valence-corrected chi connectivity index (χ0v) is 16.6. The zero-order chi connectivity index (χ0) is 20.5. The molecule has 28 heavy (non-hydrogen) atoms. The molecule has 0 aliphatic carbocycles. The number of sulfone groups is 1. The molecule has 1 fully saturated rings. The Bertz CT molecular complexity index is 1020. The standard InChI is InChI=1S/C18H18ClN3O5S/c1-28(26,27)16-4-2-3-15(18(16)22(24)25)20-9-10-21(17(23)12-20)11-13-5-7-14(19)8-6-13/h2-8H,9-12H2,1H3. The summed E-state index contributed by atoms with van der Waals surface area (Å²) in [5, 5.41) is 12.2. The predicted octanol–water partition coefficient (Wildman–Crippen LogP) is 2.50. The molecule has 1 aliphatic heterocycles. The van der Waals surface area contributed by atoms with Crippen LogP contribution >= 0.6 is 11.6 Å². The molecule has 1 amide bonds. The van der Waals surface area contributed by atoms with Crippen LogP contribution in [-0.2, 0) is 21.2 Å². The Morgan fingerprint density at radius 2 is 1.82 bits per heavy atom. The van der Waals surface area contributed by atoms with Crippen molar-refractivity contribution in [2.24, 2.45) is 0 Å². The smallest absolute Gasteiger partial charge is 0.311 e. The van der Waals surface area contributed by atoms with Crippen molar-refractivity contribution >= 4 is 38.7 Å². The first-order valence-corrected chi connectivity index (χ1v) is 10.7. The third-order valence-corrected chi connectivity index (χ3v) is 5.89. The monoisotopic (exact) mass is 423 g/mol. The van der Waals surface area contributed by atoms with Crippen molar-refractivity contribution in [3.05, 3.63) is 63.2 Å². The first kappa shape index (κ1) is 20.1. The van der Waals surface area contributed by atoms with Crippen LogP contribution in [0.4, 0.5) is 11.4 Å². The highest BCUT2D eigenvalue weighted by atomic mass is 35.5. The number of benzene rings is 2. The lowest BCUT2D eigenvalue weighted by atomic mass is 10.1. The second-order valence-electron chi connectivity index (χ2n) is 6.52. The van der Waals surface area contributed by atoms with Crippen molar-refractivity contribution in [1.82, 2.24) is 4.90 Å². The molecule has 0 atom stereocenters. The minimum absolute atomic E-state index is 0.0678. The largest absolute Gasteiger partial charge is 0.355 e. The zero-order valence-electron chi connectivity index (χ0n) is 15.0. The van der Waals surface area contributed by atoms with Crippen molar-refractivity contribution in [2.45, 2.75) is 11.4 Å². The Morgan fingerprint density at radius 3 is 2.39 bits per heavy atom. The number of nitro benzene ring substituents is 1. The third-order valence-electron chi connectivity index (χ3n) is 4.51. The minimum atomic E-state index is -3.78. The number of amides is 1. The van der Waals surface area contributed by atoms with Crippen molar-refractivity contribution in [2.75, 3.05) is 30.8 Å². The molecule has 0 spiro atoms. The number of piperazine rings is 1. The van der Waals surface area contributed by atoms with Gasteiger partial charge < -0.3 is 9.80 Å². The number of rotatable bonds is 5. The highest BCUT2D eigenvalue weighted by molar-refractivity contribution is 7.90. The third kappa shape index (κ3) is 4.26. The maximum absolute atomic E-state index is 12.6. The van der Waals surface area contributed by atoms with Gasteiger partial charge in [-0.3, -0.25) is 14.9 Å². The van der Waals surface area contributed by atoms with E-state index < -0.39 is 20.4 Å². The molecule has 1 heterocycles. The van der Waals surface area contributed by atoms with Gasteiger partial charge in [0.15, 0.2) is 9.84 Å². The van der Waals surface area contributed by atoms with Crippen LogP contribution in [0.2, 0.25) is 5.02 Å². The topological polar surface area (TPSA) is 101 Å². The summed E-state index contributed by atoms with van der Waals surface area (Å²) in [4.78, 5) is 26.3. The number of para-hydroxylation sites is 1. The van der Waals surface area contributed by atoms with E-state index in [-0.39, 0.29) is 23.0 Å². The maximum atomic E-state index is 12.6. The molecule has 8 nitrogen and oxygen atoms in total. The Labute approximate surface area is 167 Å². The van der Waals surface area contributed by atoms with Gasteiger partial charge in [0.05, 0.1) is 11.5 Å². The maximum Gasteiger partial charge on any atom is 0.311 e. The van der Waals surface area contributed by atoms with E-state index >= 15 is 0 Å². The molecular formula is C18H18ClN3O5S. The fourth-order valence-electron chi connectivity index (χ4n) is 3.14. The van der Waals surface area contributed by atoms with Gasteiger partial charge in [0.2, 0.25) is 5.91 Å². The van der Waals surface area contributed by atoms with Gasteiger partial charge in [-0.05, 0) is 29.8 Å². The molecule has 0 unspecified atom stereocenters. The highest BCUT2D eigenvalue weighted by Gasteiger charge is 2.32. The summed E-state index contributed by atoms with van der Waals surface area (Å²) in [6, 6.07) is 11.3. The van der Waals surface area contributed by atoms with Gasteiger partial charge in [-0.15, -0.1) is 0 Å². The van der Waals surface area contributed by atoms with Crippen LogP contribution in [0.15, 0.2) is 47.4 Å². The number of hydrogen-bond donors (Lipinski definition) is 0. The van der Waals surface area contributed by atoms with Gasteiger partial charge in [0, 0.05) is 30.9 Å². The van der Waals surface area contributed by atoms with Crippen LogP contribution in [-0.4, -0.2) is 50.0 Å². The second kappa shape index (κ2) is 7.76. The quantitative estimate of drug-likeness (QED) is 0.541. The summed E-state index contributed by atoms with van der Waals surface area (Å²) in [6.45, 7) is 1.06. The molecule has 2 aromatic carbocycles. The summed E-state index contributed by atoms with van der Waals surface area (Å²) in [5.74, 6) is -0.194. The predicted molar refractivity (Wildman–Crippen MR) is 105 cm³/mol. The Morgan fingerprint density at radius 1 is 1.14 bits per heavy atom. The summed E-state index contributed by atoms with van der Waals surface area (Å²) in [6.07, 6.45) is 0.925. The van der Waals surface area contributed by atoms with Crippen molar-refractivity contribution in [3.8, 4) is 0 Å². The van der Waals surface area contributed by atoms with Crippen molar-refractivity contribution < 1.29 is 18.1 Å². The Balaban J connectivity index is 1.83. The fraction of sp³-hybridized carbons (Fsp3) is 0.278. The van der Waals surface area contributed by atoms with Crippen molar-refractivity contribution in [3.63, 3.8) is 0 Å². The summed E-state index contributed by atoms with van der Waals surface area (Å²) in [5.41, 5.74) is 0.563. The molecule has 3 rings (SSSR count). The molecule has 2 aromatic rings. The first-order chi connectivity index (χ1) is 13.2. The van der Waals surface area contributed by atoms with E-state index in [9.17, 15) is 23.3 Å². The molecule has 10 heteroatoms. The number of hydrogen-bond acceptors (Lipinski definition) is 6. The van der Waals surface area contributed by atoms with Gasteiger partial charge in [-0.2, -0.15) is 0 Å². The molecular weight excluding hydrogens is 406 g/mol. The summed E-state index contributed by atoms with van der Waals surface area (Å²) in [7, 11) is -3.78. The molecule has 0 aromatic heterocycles. The number of nitro groups is 1. The van der Waals surface area contributed by atoms with Gasteiger partial charge in [-0.25, -0.2) is 8.42 Å². The Kier molecular flexibility index (Phi) is 5.57. The lowest BCUT2D eigenvalue weighted by molar-refractivity contribution is -0.387. The fourth-order valence-corrected chi connectivity index (χ4v) is 4.12. The van der Waals surface area contributed by atoms with E-state index in [0.29, 0.717) is 24.7 Å². The molecule has 1 saturated heterocycles.